The Labute approximate surface area is 186 Å². The zero-order valence-corrected chi connectivity index (χ0v) is 18.4. The van der Waals surface area contributed by atoms with E-state index in [9.17, 15) is 18.0 Å². The Morgan fingerprint density at radius 2 is 1.50 bits per heavy atom. The zero-order chi connectivity index (χ0) is 23.1. The number of methoxy groups -OCH3 is 1. The number of amides is 2. The molecule has 0 heterocycles. The van der Waals surface area contributed by atoms with E-state index in [0.29, 0.717) is 11.3 Å². The number of benzene rings is 3. The monoisotopic (exact) mass is 453 g/mol. The fourth-order valence-corrected chi connectivity index (χ4v) is 3.94. The highest BCUT2D eigenvalue weighted by atomic mass is 32.2. The van der Waals surface area contributed by atoms with Gasteiger partial charge in [-0.1, -0.05) is 42.5 Å². The fourth-order valence-electron chi connectivity index (χ4n) is 2.88. The predicted molar refractivity (Wildman–Crippen MR) is 120 cm³/mol. The van der Waals surface area contributed by atoms with Crippen LogP contribution < -0.4 is 20.3 Å². The van der Waals surface area contributed by atoms with E-state index in [2.05, 4.69) is 15.6 Å². The van der Waals surface area contributed by atoms with Crippen LogP contribution in [0.15, 0.2) is 77.7 Å². The maximum Gasteiger partial charge on any atom is 0.269 e. The Kier molecular flexibility index (Phi) is 7.24. The van der Waals surface area contributed by atoms with Crippen LogP contribution in [0.4, 0.5) is 0 Å². The van der Waals surface area contributed by atoms with Gasteiger partial charge in [0.25, 0.3) is 11.8 Å². The molecule has 3 aromatic rings. The summed E-state index contributed by atoms with van der Waals surface area (Å²) in [5.41, 5.74) is 6.66. The minimum atomic E-state index is -3.83. The Morgan fingerprint density at radius 3 is 2.16 bits per heavy atom. The topological polar surface area (TPSA) is 114 Å². The van der Waals surface area contributed by atoms with Crippen LogP contribution in [0.3, 0.4) is 0 Å². The Bertz CT molecular complexity index is 1230. The Hall–Kier alpha value is -3.69. The van der Waals surface area contributed by atoms with E-state index in [1.54, 1.807) is 30.3 Å². The SMILES string of the molecule is COc1cc(C(=O)NNC(=O)c2cccc(S(=O)(=O)NCc3ccccc3)c2)ccc1C. The molecule has 0 aliphatic rings. The molecule has 166 valence electrons. The molecule has 0 aromatic heterocycles. The van der Waals surface area contributed by atoms with Gasteiger partial charge in [-0.3, -0.25) is 20.4 Å². The smallest absolute Gasteiger partial charge is 0.269 e. The molecule has 0 saturated carbocycles. The van der Waals surface area contributed by atoms with Gasteiger partial charge in [-0.15, -0.1) is 0 Å². The first-order valence-corrected chi connectivity index (χ1v) is 11.2. The molecule has 0 atom stereocenters. The molecule has 0 bridgehead atoms. The van der Waals surface area contributed by atoms with E-state index in [0.717, 1.165) is 11.1 Å². The second-order valence-electron chi connectivity index (χ2n) is 6.93. The second kappa shape index (κ2) is 10.1. The summed E-state index contributed by atoms with van der Waals surface area (Å²) in [6.45, 7) is 1.97. The predicted octanol–water partition coefficient (Wildman–Crippen LogP) is 2.56. The number of aryl methyl sites for hydroxylation is 1. The van der Waals surface area contributed by atoms with Gasteiger partial charge >= 0.3 is 0 Å². The van der Waals surface area contributed by atoms with Gasteiger partial charge < -0.3 is 4.74 Å². The summed E-state index contributed by atoms with van der Waals surface area (Å²) in [6.07, 6.45) is 0. The van der Waals surface area contributed by atoms with E-state index in [4.69, 9.17) is 4.74 Å². The van der Waals surface area contributed by atoms with Gasteiger partial charge in [0.15, 0.2) is 0 Å². The lowest BCUT2D eigenvalue weighted by Crippen LogP contribution is -2.41. The third kappa shape index (κ3) is 5.71. The van der Waals surface area contributed by atoms with Crippen molar-refractivity contribution in [1.29, 1.82) is 0 Å². The number of sulfonamides is 1. The molecule has 3 aromatic carbocycles. The molecule has 0 saturated heterocycles. The molecule has 8 nitrogen and oxygen atoms in total. The molecule has 0 aliphatic heterocycles. The largest absolute Gasteiger partial charge is 0.496 e. The molecule has 32 heavy (non-hydrogen) atoms. The van der Waals surface area contributed by atoms with Crippen LogP contribution in [0.1, 0.15) is 31.8 Å². The maximum absolute atomic E-state index is 12.6. The first kappa shape index (κ1) is 23.0. The molecule has 0 radical (unpaired) electrons. The molecular formula is C23H23N3O5S. The minimum Gasteiger partial charge on any atom is -0.496 e. The minimum absolute atomic E-state index is 0.0596. The molecule has 0 spiro atoms. The van der Waals surface area contributed by atoms with Gasteiger partial charge in [0, 0.05) is 17.7 Å². The summed E-state index contributed by atoms with van der Waals surface area (Å²) in [5, 5.41) is 0. The van der Waals surface area contributed by atoms with Crippen molar-refractivity contribution in [3.63, 3.8) is 0 Å². The number of hydrazine groups is 1. The molecule has 0 unspecified atom stereocenters. The standard InChI is InChI=1S/C23H23N3O5S/c1-16-11-12-19(14-21(16)31-2)23(28)26-25-22(27)18-9-6-10-20(13-18)32(29,30)24-15-17-7-4-3-5-8-17/h3-14,24H,15H2,1-2H3,(H,25,27)(H,26,28). The van der Waals surface area contributed by atoms with Crippen molar-refractivity contribution in [2.75, 3.05) is 7.11 Å². The van der Waals surface area contributed by atoms with Crippen molar-refractivity contribution in [2.45, 2.75) is 18.4 Å². The highest BCUT2D eigenvalue weighted by Crippen LogP contribution is 2.18. The highest BCUT2D eigenvalue weighted by Gasteiger charge is 2.17. The van der Waals surface area contributed by atoms with Crippen molar-refractivity contribution in [2.24, 2.45) is 0 Å². The van der Waals surface area contributed by atoms with Crippen molar-refractivity contribution in [3.05, 3.63) is 95.1 Å². The van der Waals surface area contributed by atoms with E-state index in [1.165, 1.54) is 31.4 Å². The van der Waals surface area contributed by atoms with Crippen LogP contribution in [0.25, 0.3) is 0 Å². The quantitative estimate of drug-likeness (QED) is 0.476. The van der Waals surface area contributed by atoms with Crippen LogP contribution in [-0.2, 0) is 16.6 Å². The zero-order valence-electron chi connectivity index (χ0n) is 17.6. The Balaban J connectivity index is 1.65. The van der Waals surface area contributed by atoms with Gasteiger partial charge in [-0.05, 0) is 48.4 Å². The molecule has 3 N–H and O–H groups in total. The number of hydrogen-bond acceptors (Lipinski definition) is 5. The van der Waals surface area contributed by atoms with Crippen LogP contribution in [-0.4, -0.2) is 27.3 Å². The number of rotatable bonds is 7. The summed E-state index contributed by atoms with van der Waals surface area (Å²) >= 11 is 0. The van der Waals surface area contributed by atoms with Gasteiger partial charge in [-0.25, -0.2) is 13.1 Å². The first-order chi connectivity index (χ1) is 15.3. The van der Waals surface area contributed by atoms with Gasteiger partial charge in [0.1, 0.15) is 5.75 Å². The van der Waals surface area contributed by atoms with Crippen LogP contribution in [0, 0.1) is 6.92 Å². The van der Waals surface area contributed by atoms with Crippen LogP contribution >= 0.6 is 0 Å². The molecule has 9 heteroatoms. The van der Waals surface area contributed by atoms with Crippen LogP contribution in [0.5, 0.6) is 5.75 Å². The lowest BCUT2D eigenvalue weighted by atomic mass is 10.1. The number of hydrogen-bond donors (Lipinski definition) is 3. The lowest BCUT2D eigenvalue weighted by molar-refractivity contribution is 0.0846. The number of carbonyl (C=O) groups is 2. The first-order valence-electron chi connectivity index (χ1n) is 9.69. The fraction of sp³-hybridized carbons (Fsp3) is 0.130. The van der Waals surface area contributed by atoms with Crippen LogP contribution in [0.2, 0.25) is 0 Å². The maximum atomic E-state index is 12.6. The molecular weight excluding hydrogens is 430 g/mol. The average molecular weight is 454 g/mol. The summed E-state index contributed by atoms with van der Waals surface area (Å²) in [6, 6.07) is 19.5. The van der Waals surface area contributed by atoms with E-state index in [-0.39, 0.29) is 17.0 Å². The Morgan fingerprint density at radius 1 is 0.844 bits per heavy atom. The summed E-state index contributed by atoms with van der Waals surface area (Å²) in [4.78, 5) is 24.7. The highest BCUT2D eigenvalue weighted by molar-refractivity contribution is 7.89. The van der Waals surface area contributed by atoms with E-state index < -0.39 is 21.8 Å². The molecule has 0 aliphatic carbocycles. The van der Waals surface area contributed by atoms with Crippen molar-refractivity contribution in [1.82, 2.24) is 15.6 Å². The molecule has 3 rings (SSSR count). The molecule has 0 fully saturated rings. The number of carbonyl (C=O) groups excluding carboxylic acids is 2. The molecule has 2 amide bonds. The van der Waals surface area contributed by atoms with Crippen molar-refractivity contribution in [3.8, 4) is 5.75 Å². The second-order valence-corrected chi connectivity index (χ2v) is 8.70. The van der Waals surface area contributed by atoms with Crippen molar-refractivity contribution < 1.29 is 22.7 Å². The average Bonchev–Trinajstić information content (AvgIpc) is 2.82. The third-order valence-electron chi connectivity index (χ3n) is 4.68. The lowest BCUT2D eigenvalue weighted by Gasteiger charge is -2.11. The van der Waals surface area contributed by atoms with Gasteiger partial charge in [0.05, 0.1) is 12.0 Å². The third-order valence-corrected chi connectivity index (χ3v) is 6.07. The number of ether oxygens (including phenoxy) is 1. The summed E-state index contributed by atoms with van der Waals surface area (Å²) in [7, 11) is -2.33. The number of nitrogens with one attached hydrogen (secondary N) is 3. The van der Waals surface area contributed by atoms with Crippen molar-refractivity contribution >= 4 is 21.8 Å². The summed E-state index contributed by atoms with van der Waals surface area (Å²) in [5.74, 6) is -0.646. The van der Waals surface area contributed by atoms with Gasteiger partial charge in [0.2, 0.25) is 10.0 Å². The van der Waals surface area contributed by atoms with E-state index >= 15 is 0 Å². The summed E-state index contributed by atoms with van der Waals surface area (Å²) < 4.78 is 32.9. The normalized spacial score (nSPS) is 10.9. The van der Waals surface area contributed by atoms with E-state index in [1.807, 2.05) is 25.1 Å². The van der Waals surface area contributed by atoms with Gasteiger partial charge in [-0.2, -0.15) is 0 Å².